The molecule has 0 spiro atoms. The van der Waals surface area contributed by atoms with Gasteiger partial charge in [0.05, 0.1) is 41.7 Å². The van der Waals surface area contributed by atoms with Crippen molar-refractivity contribution in [2.75, 3.05) is 85.0 Å². The standard InChI is InChI=1S/C38H43N7O6/c1-26(46)43-20-22-44(23-21-43)38(50)45-32-24-28(37(49)51-4)10-15-31(32)34(36(45)48)35(27-8-6-5-7-9-27)39-29-11-13-30(14-12-29)41(3)33(47)25-42-18-16-40(2)17-19-42/h5-15,24,48H,16-23,25H2,1-4H3. The molecule has 2 fully saturated rings. The average molecular weight is 694 g/mol. The van der Waals surface area contributed by atoms with Gasteiger partial charge >= 0.3 is 12.0 Å². The number of methoxy groups -OCH3 is 1. The molecule has 3 aromatic carbocycles. The number of piperazine rings is 2. The minimum Gasteiger partial charge on any atom is -0.494 e. The molecular weight excluding hydrogens is 650 g/mol. The maximum Gasteiger partial charge on any atom is 0.337 e. The van der Waals surface area contributed by atoms with Crippen LogP contribution in [0.2, 0.25) is 0 Å². The van der Waals surface area contributed by atoms with Gasteiger partial charge in [-0.05, 0) is 43.4 Å². The lowest BCUT2D eigenvalue weighted by atomic mass is 10.00. The Morgan fingerprint density at radius 3 is 2.10 bits per heavy atom. The van der Waals surface area contributed by atoms with E-state index in [1.54, 1.807) is 33.9 Å². The third-order valence-corrected chi connectivity index (χ3v) is 9.64. The maximum absolute atomic E-state index is 14.1. The first-order valence-corrected chi connectivity index (χ1v) is 17.0. The molecule has 1 N–H and O–H groups in total. The molecule has 0 atom stereocenters. The average Bonchev–Trinajstić information content (AvgIpc) is 3.44. The van der Waals surface area contributed by atoms with Gasteiger partial charge < -0.3 is 29.4 Å². The number of ether oxygens (including phenoxy) is 1. The molecule has 51 heavy (non-hydrogen) atoms. The molecule has 2 aliphatic rings. The number of fused-ring (bicyclic) bond motifs is 1. The first-order valence-electron chi connectivity index (χ1n) is 17.0. The molecule has 4 aromatic rings. The number of nitrogens with zero attached hydrogens (tertiary/aromatic N) is 7. The monoisotopic (exact) mass is 693 g/mol. The van der Waals surface area contributed by atoms with Gasteiger partial charge in [-0.2, -0.15) is 0 Å². The van der Waals surface area contributed by atoms with Crippen LogP contribution in [0.15, 0.2) is 77.8 Å². The van der Waals surface area contributed by atoms with Crippen LogP contribution in [0.3, 0.4) is 0 Å². The Kier molecular flexibility index (Phi) is 10.5. The molecule has 0 radical (unpaired) electrons. The van der Waals surface area contributed by atoms with Gasteiger partial charge in [-0.25, -0.2) is 19.1 Å². The number of aliphatic imine (C=N–C) groups is 1. The third-order valence-electron chi connectivity index (χ3n) is 9.64. The second kappa shape index (κ2) is 15.2. The van der Waals surface area contributed by atoms with Crippen LogP contribution in [0, 0.1) is 0 Å². The molecule has 1 aromatic heterocycles. The highest BCUT2D eigenvalue weighted by atomic mass is 16.5. The molecule has 3 amide bonds. The van der Waals surface area contributed by atoms with Gasteiger partial charge in [-0.1, -0.05) is 36.4 Å². The maximum atomic E-state index is 14.1. The second-order valence-corrected chi connectivity index (χ2v) is 12.9. The molecule has 266 valence electrons. The zero-order valence-electron chi connectivity index (χ0n) is 29.4. The molecule has 13 nitrogen and oxygen atoms in total. The number of likely N-dealkylation sites (N-methyl/N-ethyl adjacent to an activating group) is 2. The Hall–Kier alpha value is -5.53. The summed E-state index contributed by atoms with van der Waals surface area (Å²) < 4.78 is 6.15. The SMILES string of the molecule is COC(=O)c1ccc2c(C(=Nc3ccc(N(C)C(=O)CN4CCN(C)CC4)cc3)c3ccccc3)c(O)n(C(=O)N3CCN(C(C)=O)CC3)c2c1. The zero-order chi connectivity index (χ0) is 36.2. The summed E-state index contributed by atoms with van der Waals surface area (Å²) in [6, 6.07) is 20.9. The molecule has 0 bridgehead atoms. The van der Waals surface area contributed by atoms with Crippen molar-refractivity contribution in [1.29, 1.82) is 0 Å². The van der Waals surface area contributed by atoms with Crippen molar-refractivity contribution in [2.24, 2.45) is 4.99 Å². The topological polar surface area (TPSA) is 131 Å². The summed E-state index contributed by atoms with van der Waals surface area (Å²) in [6.45, 7) is 6.69. The summed E-state index contributed by atoms with van der Waals surface area (Å²) >= 11 is 0. The van der Waals surface area contributed by atoms with Crippen LogP contribution in [-0.4, -0.2) is 139 Å². The van der Waals surface area contributed by atoms with Gasteiger partial charge in [0.2, 0.25) is 17.7 Å². The number of amides is 3. The fourth-order valence-electron chi connectivity index (χ4n) is 6.49. The van der Waals surface area contributed by atoms with E-state index < -0.39 is 12.0 Å². The number of benzene rings is 3. The van der Waals surface area contributed by atoms with Crippen molar-refractivity contribution in [3.05, 3.63) is 89.5 Å². The lowest BCUT2D eigenvalue weighted by molar-refractivity contribution is -0.130. The van der Waals surface area contributed by atoms with Crippen molar-refractivity contribution in [2.45, 2.75) is 6.92 Å². The summed E-state index contributed by atoms with van der Waals surface area (Å²) in [5.74, 6) is -0.990. The van der Waals surface area contributed by atoms with Gasteiger partial charge in [-0.15, -0.1) is 0 Å². The Balaban J connectivity index is 1.38. The third kappa shape index (κ3) is 7.49. The van der Waals surface area contributed by atoms with E-state index in [0.717, 1.165) is 31.9 Å². The van der Waals surface area contributed by atoms with Crippen LogP contribution in [0.5, 0.6) is 5.88 Å². The molecule has 0 aliphatic carbocycles. The summed E-state index contributed by atoms with van der Waals surface area (Å²) in [6.07, 6.45) is 0. The van der Waals surface area contributed by atoms with E-state index in [1.807, 2.05) is 54.6 Å². The molecule has 13 heteroatoms. The number of aromatic nitrogens is 1. The number of aromatic hydroxyl groups is 1. The minimum absolute atomic E-state index is 0.00258. The van der Waals surface area contributed by atoms with E-state index in [0.29, 0.717) is 53.1 Å². The Morgan fingerprint density at radius 2 is 1.47 bits per heavy atom. The Labute approximate surface area is 296 Å². The highest BCUT2D eigenvalue weighted by Gasteiger charge is 2.31. The lowest BCUT2D eigenvalue weighted by Gasteiger charge is -2.34. The Bertz CT molecular complexity index is 1960. The van der Waals surface area contributed by atoms with E-state index in [1.165, 1.54) is 24.7 Å². The van der Waals surface area contributed by atoms with Crippen molar-refractivity contribution in [3.63, 3.8) is 0 Å². The molecule has 2 aliphatic heterocycles. The van der Waals surface area contributed by atoms with Crippen molar-refractivity contribution >= 4 is 51.8 Å². The van der Waals surface area contributed by atoms with Crippen LogP contribution in [-0.2, 0) is 14.3 Å². The predicted molar refractivity (Wildman–Crippen MR) is 195 cm³/mol. The number of rotatable bonds is 7. The molecular formula is C38H43N7O6. The number of hydrogen-bond acceptors (Lipinski definition) is 9. The van der Waals surface area contributed by atoms with Gasteiger partial charge in [0.15, 0.2) is 0 Å². The minimum atomic E-state index is -0.586. The summed E-state index contributed by atoms with van der Waals surface area (Å²) in [4.78, 5) is 66.1. The summed E-state index contributed by atoms with van der Waals surface area (Å²) in [7, 11) is 5.12. The van der Waals surface area contributed by atoms with Crippen LogP contribution in [0.4, 0.5) is 16.2 Å². The van der Waals surface area contributed by atoms with Crippen molar-refractivity contribution in [1.82, 2.24) is 24.2 Å². The second-order valence-electron chi connectivity index (χ2n) is 12.9. The normalized spacial score (nSPS) is 16.0. The van der Waals surface area contributed by atoms with Gasteiger partial charge in [-0.3, -0.25) is 14.5 Å². The van der Waals surface area contributed by atoms with Gasteiger partial charge in [0, 0.05) is 83.0 Å². The summed E-state index contributed by atoms with van der Waals surface area (Å²) in [5, 5.41) is 12.5. The van der Waals surface area contributed by atoms with E-state index >= 15 is 0 Å². The fourth-order valence-corrected chi connectivity index (χ4v) is 6.49. The number of anilines is 1. The largest absolute Gasteiger partial charge is 0.494 e. The highest BCUT2D eigenvalue weighted by molar-refractivity contribution is 6.23. The van der Waals surface area contributed by atoms with Crippen LogP contribution < -0.4 is 4.90 Å². The van der Waals surface area contributed by atoms with E-state index in [4.69, 9.17) is 9.73 Å². The molecule has 2 saturated heterocycles. The van der Waals surface area contributed by atoms with Crippen LogP contribution >= 0.6 is 0 Å². The van der Waals surface area contributed by atoms with Crippen LogP contribution in [0.1, 0.15) is 28.4 Å². The summed E-state index contributed by atoms with van der Waals surface area (Å²) in [5.41, 5.74) is 3.22. The molecule has 0 saturated carbocycles. The first kappa shape index (κ1) is 35.3. The van der Waals surface area contributed by atoms with Gasteiger partial charge in [0.1, 0.15) is 0 Å². The quantitative estimate of drug-likeness (QED) is 0.230. The lowest BCUT2D eigenvalue weighted by Crippen LogP contribution is -2.51. The number of carbonyl (C=O) groups is 4. The molecule has 6 rings (SSSR count). The zero-order valence-corrected chi connectivity index (χ0v) is 29.4. The van der Waals surface area contributed by atoms with E-state index in [9.17, 15) is 24.3 Å². The highest BCUT2D eigenvalue weighted by Crippen LogP contribution is 2.36. The smallest absolute Gasteiger partial charge is 0.337 e. The fraction of sp³-hybridized carbons (Fsp3) is 0.342. The number of hydrogen-bond donors (Lipinski definition) is 1. The van der Waals surface area contributed by atoms with Crippen molar-refractivity contribution < 1.29 is 29.0 Å². The molecule has 0 unspecified atom stereocenters. The van der Waals surface area contributed by atoms with E-state index in [-0.39, 0.29) is 36.3 Å². The number of esters is 1. The van der Waals surface area contributed by atoms with E-state index in [2.05, 4.69) is 16.8 Å². The predicted octanol–water partition coefficient (Wildman–Crippen LogP) is 3.65. The Morgan fingerprint density at radius 1 is 0.824 bits per heavy atom. The van der Waals surface area contributed by atoms with Crippen LogP contribution in [0.25, 0.3) is 10.9 Å². The van der Waals surface area contributed by atoms with Gasteiger partial charge in [0.25, 0.3) is 0 Å². The molecule has 3 heterocycles. The van der Waals surface area contributed by atoms with Crippen molar-refractivity contribution in [3.8, 4) is 5.88 Å². The first-order chi connectivity index (χ1) is 24.5. The number of carbonyl (C=O) groups excluding carboxylic acids is 4.